The van der Waals surface area contributed by atoms with E-state index < -0.39 is 12.1 Å². The fraction of sp³-hybridized carbons (Fsp3) is 0.176. The topological polar surface area (TPSA) is 72.8 Å². The van der Waals surface area contributed by atoms with E-state index in [0.29, 0.717) is 18.6 Å². The average Bonchev–Trinajstić information content (AvgIpc) is 2.54. The van der Waals surface area contributed by atoms with E-state index in [2.05, 4.69) is 0 Å². The quantitative estimate of drug-likeness (QED) is 0.796. The maximum atomic E-state index is 11.0. The third kappa shape index (κ3) is 4.09. The SMILES string of the molecule is CC(Oc1cc(OCc2ccccc2)ccc1C=O)C(=O)O. The van der Waals surface area contributed by atoms with Gasteiger partial charge in [-0.1, -0.05) is 30.3 Å². The lowest BCUT2D eigenvalue weighted by Crippen LogP contribution is -2.23. The highest BCUT2D eigenvalue weighted by molar-refractivity contribution is 5.80. The van der Waals surface area contributed by atoms with E-state index in [1.807, 2.05) is 30.3 Å². The van der Waals surface area contributed by atoms with E-state index in [-0.39, 0.29) is 11.3 Å². The Morgan fingerprint density at radius 1 is 1.23 bits per heavy atom. The first-order valence-electron chi connectivity index (χ1n) is 6.75. The van der Waals surface area contributed by atoms with Crippen molar-refractivity contribution in [1.82, 2.24) is 0 Å². The maximum absolute atomic E-state index is 11.0. The molecular formula is C17H16O5. The molecule has 0 fully saturated rings. The van der Waals surface area contributed by atoms with Crippen LogP contribution in [0.25, 0.3) is 0 Å². The predicted octanol–water partition coefficient (Wildman–Crippen LogP) is 2.93. The van der Waals surface area contributed by atoms with Crippen molar-refractivity contribution in [3.63, 3.8) is 0 Å². The molecule has 114 valence electrons. The zero-order chi connectivity index (χ0) is 15.9. The van der Waals surface area contributed by atoms with Crippen molar-refractivity contribution in [3.05, 3.63) is 59.7 Å². The summed E-state index contributed by atoms with van der Waals surface area (Å²) in [6.45, 7) is 1.77. The van der Waals surface area contributed by atoms with E-state index in [9.17, 15) is 9.59 Å². The van der Waals surface area contributed by atoms with Crippen molar-refractivity contribution in [1.29, 1.82) is 0 Å². The van der Waals surface area contributed by atoms with Crippen LogP contribution in [-0.2, 0) is 11.4 Å². The van der Waals surface area contributed by atoms with Crippen LogP contribution in [0.3, 0.4) is 0 Å². The van der Waals surface area contributed by atoms with Gasteiger partial charge in [-0.3, -0.25) is 4.79 Å². The molecule has 0 aliphatic rings. The second kappa shape index (κ2) is 7.26. The van der Waals surface area contributed by atoms with Crippen molar-refractivity contribution < 1.29 is 24.2 Å². The van der Waals surface area contributed by atoms with Gasteiger partial charge in [-0.25, -0.2) is 4.79 Å². The minimum absolute atomic E-state index is 0.190. The molecule has 1 atom stereocenters. The molecule has 2 aromatic carbocycles. The molecule has 1 N–H and O–H groups in total. The summed E-state index contributed by atoms with van der Waals surface area (Å²) in [5.41, 5.74) is 1.28. The summed E-state index contributed by atoms with van der Waals surface area (Å²) in [6.07, 6.45) is -0.437. The summed E-state index contributed by atoms with van der Waals surface area (Å²) in [6, 6.07) is 14.3. The van der Waals surface area contributed by atoms with Crippen LogP contribution in [0, 0.1) is 0 Å². The Bertz CT molecular complexity index is 651. The van der Waals surface area contributed by atoms with Crippen LogP contribution in [0.2, 0.25) is 0 Å². The van der Waals surface area contributed by atoms with Crippen molar-refractivity contribution in [3.8, 4) is 11.5 Å². The molecule has 0 heterocycles. The van der Waals surface area contributed by atoms with Crippen LogP contribution >= 0.6 is 0 Å². The normalized spacial score (nSPS) is 11.5. The number of aliphatic carboxylic acids is 1. The summed E-state index contributed by atoms with van der Waals surface area (Å²) in [7, 11) is 0. The van der Waals surface area contributed by atoms with E-state index in [1.54, 1.807) is 6.07 Å². The molecule has 0 saturated carbocycles. The number of carboxylic acid groups (broad SMARTS) is 1. The number of carbonyl (C=O) groups excluding carboxylic acids is 1. The zero-order valence-corrected chi connectivity index (χ0v) is 12.1. The molecule has 0 saturated heterocycles. The third-order valence-electron chi connectivity index (χ3n) is 3.01. The number of rotatable bonds is 7. The minimum atomic E-state index is -1.10. The Morgan fingerprint density at radius 3 is 2.59 bits per heavy atom. The molecule has 0 bridgehead atoms. The zero-order valence-electron chi connectivity index (χ0n) is 12.1. The van der Waals surface area contributed by atoms with Gasteiger partial charge < -0.3 is 14.6 Å². The molecule has 0 aliphatic heterocycles. The molecule has 5 heteroatoms. The summed E-state index contributed by atoms with van der Waals surface area (Å²) in [5.74, 6) is -0.412. The molecule has 22 heavy (non-hydrogen) atoms. The molecule has 0 aliphatic carbocycles. The van der Waals surface area contributed by atoms with Gasteiger partial charge in [-0.2, -0.15) is 0 Å². The Kier molecular flexibility index (Phi) is 5.14. The van der Waals surface area contributed by atoms with Crippen LogP contribution in [0.15, 0.2) is 48.5 Å². The standard InChI is InChI=1S/C17H16O5/c1-12(17(19)20)22-16-9-15(8-7-14(16)10-18)21-11-13-5-3-2-4-6-13/h2-10,12H,11H2,1H3,(H,19,20). The Morgan fingerprint density at radius 2 is 1.95 bits per heavy atom. The minimum Gasteiger partial charge on any atom is -0.489 e. The summed E-state index contributed by atoms with van der Waals surface area (Å²) < 4.78 is 10.9. The number of carboxylic acids is 1. The fourth-order valence-corrected chi connectivity index (χ4v) is 1.79. The van der Waals surface area contributed by atoms with Crippen molar-refractivity contribution in [2.75, 3.05) is 0 Å². The van der Waals surface area contributed by atoms with Gasteiger partial charge in [0, 0.05) is 6.07 Å². The van der Waals surface area contributed by atoms with Gasteiger partial charge in [0.15, 0.2) is 12.4 Å². The highest BCUT2D eigenvalue weighted by Gasteiger charge is 2.15. The van der Waals surface area contributed by atoms with Crippen LogP contribution in [0.4, 0.5) is 0 Å². The average molecular weight is 300 g/mol. The summed E-state index contributed by atoms with van der Waals surface area (Å²) in [4.78, 5) is 21.9. The Balaban J connectivity index is 2.12. The van der Waals surface area contributed by atoms with Crippen molar-refractivity contribution in [2.45, 2.75) is 19.6 Å². The van der Waals surface area contributed by atoms with Gasteiger partial charge in [-0.15, -0.1) is 0 Å². The summed E-state index contributed by atoms with van der Waals surface area (Å²) in [5, 5.41) is 8.88. The predicted molar refractivity (Wildman–Crippen MR) is 80.3 cm³/mol. The number of benzene rings is 2. The molecular weight excluding hydrogens is 284 g/mol. The summed E-state index contributed by atoms with van der Waals surface area (Å²) >= 11 is 0. The molecule has 5 nitrogen and oxygen atoms in total. The van der Waals surface area contributed by atoms with Gasteiger partial charge in [0.25, 0.3) is 0 Å². The van der Waals surface area contributed by atoms with Gasteiger partial charge in [-0.05, 0) is 24.6 Å². The lowest BCUT2D eigenvalue weighted by molar-refractivity contribution is -0.144. The molecule has 1 unspecified atom stereocenters. The number of carbonyl (C=O) groups is 2. The monoisotopic (exact) mass is 300 g/mol. The first kappa shape index (κ1) is 15.6. The van der Waals surface area contributed by atoms with E-state index >= 15 is 0 Å². The first-order valence-corrected chi connectivity index (χ1v) is 6.75. The van der Waals surface area contributed by atoms with E-state index in [1.165, 1.54) is 19.1 Å². The van der Waals surface area contributed by atoms with Crippen molar-refractivity contribution >= 4 is 12.3 Å². The molecule has 0 spiro atoms. The highest BCUT2D eigenvalue weighted by atomic mass is 16.5. The lowest BCUT2D eigenvalue weighted by atomic mass is 10.2. The number of aldehydes is 1. The molecule has 2 rings (SSSR count). The third-order valence-corrected chi connectivity index (χ3v) is 3.01. The van der Waals surface area contributed by atoms with E-state index in [0.717, 1.165) is 5.56 Å². The highest BCUT2D eigenvalue weighted by Crippen LogP contribution is 2.25. The molecule has 0 amide bonds. The molecule has 0 aromatic heterocycles. The van der Waals surface area contributed by atoms with Gasteiger partial charge in [0.1, 0.15) is 18.1 Å². The second-order valence-corrected chi connectivity index (χ2v) is 4.69. The maximum Gasteiger partial charge on any atom is 0.344 e. The van der Waals surface area contributed by atoms with Crippen LogP contribution in [0.1, 0.15) is 22.8 Å². The fourth-order valence-electron chi connectivity index (χ4n) is 1.79. The van der Waals surface area contributed by atoms with Crippen molar-refractivity contribution in [2.24, 2.45) is 0 Å². The number of hydrogen-bond donors (Lipinski definition) is 1. The second-order valence-electron chi connectivity index (χ2n) is 4.69. The van der Waals surface area contributed by atoms with Crippen LogP contribution in [-0.4, -0.2) is 23.5 Å². The smallest absolute Gasteiger partial charge is 0.344 e. The number of ether oxygens (including phenoxy) is 2. The largest absolute Gasteiger partial charge is 0.489 e. The molecule has 0 radical (unpaired) electrons. The lowest BCUT2D eigenvalue weighted by Gasteiger charge is -2.14. The van der Waals surface area contributed by atoms with Gasteiger partial charge >= 0.3 is 5.97 Å². The van der Waals surface area contributed by atoms with Crippen LogP contribution < -0.4 is 9.47 Å². The number of hydrogen-bond acceptors (Lipinski definition) is 4. The Hall–Kier alpha value is -2.82. The van der Waals surface area contributed by atoms with E-state index in [4.69, 9.17) is 14.6 Å². The van der Waals surface area contributed by atoms with Gasteiger partial charge in [0.2, 0.25) is 0 Å². The van der Waals surface area contributed by atoms with Crippen LogP contribution in [0.5, 0.6) is 11.5 Å². The van der Waals surface area contributed by atoms with Gasteiger partial charge in [0.05, 0.1) is 5.56 Å². The molecule has 2 aromatic rings. The first-order chi connectivity index (χ1) is 10.6. The Labute approximate surface area is 128 Å².